The van der Waals surface area contributed by atoms with E-state index < -0.39 is 35.2 Å². The first-order valence-electron chi connectivity index (χ1n) is 7.93. The fourth-order valence-electron chi connectivity index (χ4n) is 2.45. The summed E-state index contributed by atoms with van der Waals surface area (Å²) in [6, 6.07) is 11.2. The smallest absolute Gasteiger partial charge is 0.416 e. The van der Waals surface area contributed by atoms with Crippen LogP contribution in [0, 0.1) is 0 Å². The molecule has 0 fully saturated rings. The zero-order chi connectivity index (χ0) is 20.2. The van der Waals surface area contributed by atoms with Crippen molar-refractivity contribution in [3.05, 3.63) is 71.3 Å². The summed E-state index contributed by atoms with van der Waals surface area (Å²) in [5.74, 6) is -2.34. The van der Waals surface area contributed by atoms with Crippen LogP contribution in [0.25, 0.3) is 0 Å². The van der Waals surface area contributed by atoms with Crippen molar-refractivity contribution in [3.63, 3.8) is 0 Å². The number of hydrogen-bond donors (Lipinski definition) is 2. The van der Waals surface area contributed by atoms with Gasteiger partial charge < -0.3 is 10.4 Å². The van der Waals surface area contributed by atoms with Crippen LogP contribution < -0.4 is 5.32 Å². The molecule has 0 aliphatic carbocycles. The number of carboxylic acids is 1. The molecule has 0 aromatic heterocycles. The monoisotopic (exact) mass is 383 g/mol. The van der Waals surface area contributed by atoms with Crippen molar-refractivity contribution in [2.45, 2.75) is 24.7 Å². The Morgan fingerprint density at radius 3 is 2.04 bits per heavy atom. The topological polar surface area (TPSA) is 66.4 Å². The largest absolute Gasteiger partial charge is 0.481 e. The van der Waals surface area contributed by atoms with Gasteiger partial charge in [0.1, 0.15) is 5.41 Å². The minimum absolute atomic E-state index is 0.253. The molecule has 27 heavy (non-hydrogen) atoms. The van der Waals surface area contributed by atoms with E-state index >= 15 is 0 Å². The van der Waals surface area contributed by atoms with Crippen molar-refractivity contribution in [2.24, 2.45) is 0 Å². The van der Waals surface area contributed by atoms with E-state index in [-0.39, 0.29) is 12.1 Å². The summed E-state index contributed by atoms with van der Waals surface area (Å²) in [6.45, 7) is 1.00. The molecule has 2 N–H and O–H groups in total. The quantitative estimate of drug-likeness (QED) is 0.744. The second-order valence-corrected chi connectivity index (χ2v) is 6.20. The summed E-state index contributed by atoms with van der Waals surface area (Å²) >= 11 is 0. The van der Waals surface area contributed by atoms with Crippen LogP contribution in [0.1, 0.15) is 29.8 Å². The molecule has 2 unspecified atom stereocenters. The predicted octanol–water partition coefficient (Wildman–Crippen LogP) is 3.87. The average molecular weight is 383 g/mol. The van der Waals surface area contributed by atoms with Crippen LogP contribution in [-0.2, 0) is 21.2 Å². The summed E-state index contributed by atoms with van der Waals surface area (Å²) < 4.78 is 51.9. The van der Waals surface area contributed by atoms with Gasteiger partial charge in [0.15, 0.2) is 0 Å². The zero-order valence-corrected chi connectivity index (χ0v) is 14.3. The highest BCUT2D eigenvalue weighted by Crippen LogP contribution is 2.30. The Labute approximate surface area is 152 Å². The van der Waals surface area contributed by atoms with Crippen LogP contribution in [0.4, 0.5) is 17.6 Å². The van der Waals surface area contributed by atoms with E-state index in [4.69, 9.17) is 0 Å². The molecule has 1 amide bonds. The predicted molar refractivity (Wildman–Crippen MR) is 89.7 cm³/mol. The molecule has 0 saturated carbocycles. The standard InChI is InChI=1S/C19H17F4NO3/c1-18(17(26)27,13-5-3-2-4-6-13)11-24-16(25)15(20)12-7-9-14(10-8-12)19(21,22)23/h2-10,15H,11H2,1H3,(H,24,25)(H,26,27). The van der Waals surface area contributed by atoms with E-state index in [9.17, 15) is 32.3 Å². The van der Waals surface area contributed by atoms with Crippen LogP contribution >= 0.6 is 0 Å². The molecular weight excluding hydrogens is 366 g/mol. The van der Waals surface area contributed by atoms with Gasteiger partial charge in [0.2, 0.25) is 6.17 Å². The number of alkyl halides is 4. The highest BCUT2D eigenvalue weighted by atomic mass is 19.4. The molecule has 2 rings (SSSR count). The fraction of sp³-hybridized carbons (Fsp3) is 0.263. The Bertz CT molecular complexity index is 806. The summed E-state index contributed by atoms with van der Waals surface area (Å²) in [5, 5.41) is 11.7. The second-order valence-electron chi connectivity index (χ2n) is 6.20. The first-order chi connectivity index (χ1) is 12.6. The Morgan fingerprint density at radius 2 is 1.56 bits per heavy atom. The fourth-order valence-corrected chi connectivity index (χ4v) is 2.45. The van der Waals surface area contributed by atoms with Gasteiger partial charge in [0.25, 0.3) is 5.91 Å². The summed E-state index contributed by atoms with van der Waals surface area (Å²) in [5.41, 5.74) is -2.28. The van der Waals surface area contributed by atoms with Gasteiger partial charge in [-0.1, -0.05) is 42.5 Å². The van der Waals surface area contributed by atoms with Gasteiger partial charge in [-0.15, -0.1) is 0 Å². The van der Waals surface area contributed by atoms with E-state index in [1.54, 1.807) is 30.3 Å². The number of benzene rings is 2. The lowest BCUT2D eigenvalue weighted by Crippen LogP contribution is -2.45. The number of hydrogen-bond acceptors (Lipinski definition) is 2. The molecule has 0 spiro atoms. The minimum atomic E-state index is -4.56. The number of amides is 1. The molecule has 0 aliphatic heterocycles. The maximum Gasteiger partial charge on any atom is 0.416 e. The van der Waals surface area contributed by atoms with Gasteiger partial charge in [-0.25, -0.2) is 4.39 Å². The van der Waals surface area contributed by atoms with Crippen molar-refractivity contribution in [2.75, 3.05) is 6.54 Å². The normalized spacial score (nSPS) is 14.9. The van der Waals surface area contributed by atoms with Gasteiger partial charge in [-0.3, -0.25) is 9.59 Å². The Kier molecular flexibility index (Phi) is 5.88. The third-order valence-corrected chi connectivity index (χ3v) is 4.26. The van der Waals surface area contributed by atoms with E-state index in [1.165, 1.54) is 6.92 Å². The van der Waals surface area contributed by atoms with Crippen molar-refractivity contribution in [1.29, 1.82) is 0 Å². The van der Waals surface area contributed by atoms with Crippen LogP contribution in [0.15, 0.2) is 54.6 Å². The Morgan fingerprint density at radius 1 is 1.00 bits per heavy atom. The molecule has 8 heteroatoms. The van der Waals surface area contributed by atoms with E-state index in [0.29, 0.717) is 17.7 Å². The van der Waals surface area contributed by atoms with E-state index in [2.05, 4.69) is 5.32 Å². The molecule has 2 atom stereocenters. The van der Waals surface area contributed by atoms with Gasteiger partial charge >= 0.3 is 12.1 Å². The lowest BCUT2D eigenvalue weighted by molar-refractivity contribution is -0.143. The van der Waals surface area contributed by atoms with Crippen LogP contribution in [-0.4, -0.2) is 23.5 Å². The number of carboxylic acid groups (broad SMARTS) is 1. The molecule has 0 saturated heterocycles. The molecular formula is C19H17F4NO3. The van der Waals surface area contributed by atoms with Crippen molar-refractivity contribution < 1.29 is 32.3 Å². The SMILES string of the molecule is CC(CNC(=O)C(F)c1ccc(C(F)(F)F)cc1)(C(=O)O)c1ccccc1. The number of aliphatic carboxylic acids is 1. The number of rotatable bonds is 6. The Balaban J connectivity index is 2.10. The molecule has 2 aromatic rings. The van der Waals surface area contributed by atoms with Gasteiger partial charge in [-0.05, 0) is 30.2 Å². The maximum absolute atomic E-state index is 14.3. The van der Waals surface area contributed by atoms with Crippen LogP contribution in [0.3, 0.4) is 0 Å². The van der Waals surface area contributed by atoms with Gasteiger partial charge in [0.05, 0.1) is 5.56 Å². The second kappa shape index (κ2) is 7.77. The van der Waals surface area contributed by atoms with Crippen molar-refractivity contribution >= 4 is 11.9 Å². The average Bonchev–Trinajstić information content (AvgIpc) is 2.65. The minimum Gasteiger partial charge on any atom is -0.481 e. The molecule has 0 aliphatic rings. The van der Waals surface area contributed by atoms with E-state index in [1.807, 2.05) is 0 Å². The summed E-state index contributed by atoms with van der Waals surface area (Å²) in [4.78, 5) is 23.7. The number of carbonyl (C=O) groups is 2. The number of halogens is 4. The summed E-state index contributed by atoms with van der Waals surface area (Å²) in [6.07, 6.45) is -6.79. The third-order valence-electron chi connectivity index (χ3n) is 4.26. The third kappa shape index (κ3) is 4.64. The highest BCUT2D eigenvalue weighted by molar-refractivity contribution is 5.85. The van der Waals surface area contributed by atoms with Gasteiger partial charge in [0, 0.05) is 6.54 Å². The Hall–Kier alpha value is -2.90. The molecule has 144 valence electrons. The molecule has 0 heterocycles. The summed E-state index contributed by atoms with van der Waals surface area (Å²) in [7, 11) is 0. The van der Waals surface area contributed by atoms with Crippen LogP contribution in [0.5, 0.6) is 0 Å². The lowest BCUT2D eigenvalue weighted by atomic mass is 9.82. The number of carbonyl (C=O) groups excluding carboxylic acids is 1. The highest BCUT2D eigenvalue weighted by Gasteiger charge is 2.36. The first-order valence-corrected chi connectivity index (χ1v) is 7.93. The first kappa shape index (κ1) is 20.4. The zero-order valence-electron chi connectivity index (χ0n) is 14.3. The number of nitrogens with one attached hydrogen (secondary N) is 1. The van der Waals surface area contributed by atoms with Crippen molar-refractivity contribution in [3.8, 4) is 0 Å². The molecule has 0 bridgehead atoms. The van der Waals surface area contributed by atoms with Crippen molar-refractivity contribution in [1.82, 2.24) is 5.32 Å². The van der Waals surface area contributed by atoms with Gasteiger partial charge in [-0.2, -0.15) is 13.2 Å². The lowest BCUT2D eigenvalue weighted by Gasteiger charge is -2.26. The molecule has 2 aromatic carbocycles. The maximum atomic E-state index is 14.3. The van der Waals surface area contributed by atoms with Crippen LogP contribution in [0.2, 0.25) is 0 Å². The molecule has 0 radical (unpaired) electrons. The molecule has 4 nitrogen and oxygen atoms in total. The van der Waals surface area contributed by atoms with E-state index in [0.717, 1.165) is 12.1 Å².